The van der Waals surface area contributed by atoms with E-state index < -0.39 is 5.82 Å². The van der Waals surface area contributed by atoms with E-state index in [4.69, 9.17) is 9.26 Å². The van der Waals surface area contributed by atoms with Gasteiger partial charge in [0.1, 0.15) is 23.2 Å². The third-order valence-electron chi connectivity index (χ3n) is 2.36. The zero-order chi connectivity index (χ0) is 12.4. The average molecular weight is 238 g/mol. The molecule has 90 valence electrons. The number of rotatable bonds is 3. The van der Waals surface area contributed by atoms with E-state index in [1.54, 1.807) is 6.92 Å². The molecule has 0 radical (unpaired) electrons. The van der Waals surface area contributed by atoms with E-state index in [9.17, 15) is 9.50 Å². The van der Waals surface area contributed by atoms with Crippen LogP contribution in [0.3, 0.4) is 0 Å². The lowest BCUT2D eigenvalue weighted by atomic mass is 10.2. The molecule has 1 N–H and O–H groups in total. The molecule has 0 fully saturated rings. The van der Waals surface area contributed by atoms with Crippen molar-refractivity contribution in [1.82, 2.24) is 10.1 Å². The van der Waals surface area contributed by atoms with Gasteiger partial charge in [-0.1, -0.05) is 11.2 Å². The normalized spacial score (nSPS) is 12.6. The third kappa shape index (κ3) is 2.12. The molecule has 0 bridgehead atoms. The monoisotopic (exact) mass is 238 g/mol. The molecule has 5 nitrogen and oxygen atoms in total. The maximum Gasteiger partial charge on any atom is 0.264 e. The second-order valence-electron chi connectivity index (χ2n) is 3.47. The summed E-state index contributed by atoms with van der Waals surface area (Å²) in [4.78, 5) is 3.97. The second kappa shape index (κ2) is 4.50. The van der Waals surface area contributed by atoms with Gasteiger partial charge < -0.3 is 14.4 Å². The van der Waals surface area contributed by atoms with Crippen LogP contribution in [0.4, 0.5) is 4.39 Å². The van der Waals surface area contributed by atoms with Gasteiger partial charge in [-0.15, -0.1) is 0 Å². The van der Waals surface area contributed by atoms with Crippen LogP contribution in [-0.2, 0) is 4.74 Å². The standard InChI is InChI=1S/C11H11FN2O3/c1-6(16-2)10-13-11(17-14-10)9-7(12)4-3-5-8(9)15/h3-6,15H,1-2H3. The van der Waals surface area contributed by atoms with E-state index in [0.29, 0.717) is 5.82 Å². The quantitative estimate of drug-likeness (QED) is 0.888. The molecule has 1 atom stereocenters. The summed E-state index contributed by atoms with van der Waals surface area (Å²) in [5, 5.41) is 13.2. The lowest BCUT2D eigenvalue weighted by Crippen LogP contribution is -1.97. The van der Waals surface area contributed by atoms with Crippen molar-refractivity contribution in [2.45, 2.75) is 13.0 Å². The van der Waals surface area contributed by atoms with Gasteiger partial charge in [0.05, 0.1) is 0 Å². The fraction of sp³-hybridized carbons (Fsp3) is 0.273. The number of aromatic hydroxyl groups is 1. The fourth-order valence-corrected chi connectivity index (χ4v) is 1.33. The van der Waals surface area contributed by atoms with Gasteiger partial charge in [-0.3, -0.25) is 0 Å². The summed E-state index contributed by atoms with van der Waals surface area (Å²) in [5.41, 5.74) is -0.102. The van der Waals surface area contributed by atoms with Crippen molar-refractivity contribution >= 4 is 0 Å². The van der Waals surface area contributed by atoms with Gasteiger partial charge in [0.2, 0.25) is 5.82 Å². The number of halogens is 1. The topological polar surface area (TPSA) is 68.4 Å². The van der Waals surface area contributed by atoms with Crippen LogP contribution < -0.4 is 0 Å². The molecule has 2 aromatic rings. The Labute approximate surface area is 96.8 Å². The molecule has 0 spiro atoms. The van der Waals surface area contributed by atoms with Crippen LogP contribution in [-0.4, -0.2) is 22.4 Å². The van der Waals surface area contributed by atoms with Gasteiger partial charge in [0.15, 0.2) is 0 Å². The molecule has 0 saturated carbocycles. The summed E-state index contributed by atoms with van der Waals surface area (Å²) in [6.07, 6.45) is -0.360. The maximum atomic E-state index is 13.5. The number of ether oxygens (including phenoxy) is 1. The zero-order valence-electron chi connectivity index (χ0n) is 9.35. The van der Waals surface area contributed by atoms with Gasteiger partial charge in [-0.05, 0) is 19.1 Å². The summed E-state index contributed by atoms with van der Waals surface area (Å²) in [6, 6.07) is 3.95. The van der Waals surface area contributed by atoms with E-state index in [0.717, 1.165) is 0 Å². The van der Waals surface area contributed by atoms with E-state index in [2.05, 4.69) is 10.1 Å². The predicted octanol–water partition coefficient (Wildman–Crippen LogP) is 2.29. The van der Waals surface area contributed by atoms with Crippen LogP contribution in [0, 0.1) is 5.82 Å². The first kappa shape index (κ1) is 11.5. The number of hydrogen-bond donors (Lipinski definition) is 1. The Morgan fingerprint density at radius 2 is 2.24 bits per heavy atom. The average Bonchev–Trinajstić information content (AvgIpc) is 2.77. The molecule has 0 aliphatic rings. The van der Waals surface area contributed by atoms with Crippen LogP contribution in [0.5, 0.6) is 5.75 Å². The van der Waals surface area contributed by atoms with Crippen molar-refractivity contribution in [2.75, 3.05) is 7.11 Å². The van der Waals surface area contributed by atoms with Crippen LogP contribution in [0.2, 0.25) is 0 Å². The first-order valence-corrected chi connectivity index (χ1v) is 4.97. The van der Waals surface area contributed by atoms with E-state index in [-0.39, 0.29) is 23.3 Å². The van der Waals surface area contributed by atoms with E-state index in [1.807, 2.05) is 0 Å². The molecule has 0 aliphatic heterocycles. The summed E-state index contributed by atoms with van der Waals surface area (Å²) >= 11 is 0. The van der Waals surface area contributed by atoms with Crippen molar-refractivity contribution in [3.8, 4) is 17.2 Å². The number of hydrogen-bond acceptors (Lipinski definition) is 5. The summed E-state index contributed by atoms with van der Waals surface area (Å²) in [5.74, 6) is -0.639. The van der Waals surface area contributed by atoms with Crippen LogP contribution in [0.15, 0.2) is 22.7 Å². The van der Waals surface area contributed by atoms with Crippen LogP contribution >= 0.6 is 0 Å². The summed E-state index contributed by atoms with van der Waals surface area (Å²) in [6.45, 7) is 1.73. The van der Waals surface area contributed by atoms with Gasteiger partial charge in [-0.2, -0.15) is 4.98 Å². The highest BCUT2D eigenvalue weighted by molar-refractivity contribution is 5.62. The molecule has 17 heavy (non-hydrogen) atoms. The number of aromatic nitrogens is 2. The Balaban J connectivity index is 2.44. The van der Waals surface area contributed by atoms with Crippen LogP contribution in [0.1, 0.15) is 18.9 Å². The molecule has 6 heteroatoms. The molecule has 1 unspecified atom stereocenters. The molecule has 0 amide bonds. The highest BCUT2D eigenvalue weighted by Gasteiger charge is 2.19. The van der Waals surface area contributed by atoms with Crippen molar-refractivity contribution < 1.29 is 18.8 Å². The van der Waals surface area contributed by atoms with Crippen molar-refractivity contribution in [3.05, 3.63) is 29.8 Å². The number of benzene rings is 1. The zero-order valence-corrected chi connectivity index (χ0v) is 9.35. The molecule has 2 rings (SSSR count). The molecular formula is C11H11FN2O3. The number of phenolic OH excluding ortho intramolecular Hbond substituents is 1. The highest BCUT2D eigenvalue weighted by Crippen LogP contribution is 2.30. The first-order valence-electron chi connectivity index (χ1n) is 4.97. The summed E-state index contributed by atoms with van der Waals surface area (Å²) in [7, 11) is 1.50. The minimum absolute atomic E-state index is 0.0699. The Hall–Kier alpha value is -1.95. The number of nitrogens with zero attached hydrogens (tertiary/aromatic N) is 2. The van der Waals surface area contributed by atoms with Gasteiger partial charge in [-0.25, -0.2) is 4.39 Å². The SMILES string of the molecule is COC(C)c1noc(-c2c(O)cccc2F)n1. The van der Waals surface area contributed by atoms with Crippen molar-refractivity contribution in [1.29, 1.82) is 0 Å². The fourth-order valence-electron chi connectivity index (χ4n) is 1.33. The Kier molecular flexibility index (Phi) is 3.06. The molecular weight excluding hydrogens is 227 g/mol. The van der Waals surface area contributed by atoms with Gasteiger partial charge in [0.25, 0.3) is 5.89 Å². The Morgan fingerprint density at radius 3 is 2.88 bits per heavy atom. The van der Waals surface area contributed by atoms with Crippen molar-refractivity contribution in [3.63, 3.8) is 0 Å². The van der Waals surface area contributed by atoms with Gasteiger partial charge in [0, 0.05) is 7.11 Å². The predicted molar refractivity (Wildman–Crippen MR) is 56.8 cm³/mol. The minimum Gasteiger partial charge on any atom is -0.507 e. The molecule has 1 heterocycles. The number of methoxy groups -OCH3 is 1. The van der Waals surface area contributed by atoms with E-state index >= 15 is 0 Å². The largest absolute Gasteiger partial charge is 0.507 e. The molecule has 0 saturated heterocycles. The van der Waals surface area contributed by atoms with E-state index in [1.165, 1.54) is 25.3 Å². The lowest BCUT2D eigenvalue weighted by molar-refractivity contribution is 0.109. The minimum atomic E-state index is -0.620. The number of phenols is 1. The summed E-state index contributed by atoms with van der Waals surface area (Å²) < 4.78 is 23.4. The first-order chi connectivity index (χ1) is 8.13. The third-order valence-corrected chi connectivity index (χ3v) is 2.36. The highest BCUT2D eigenvalue weighted by atomic mass is 19.1. The van der Waals surface area contributed by atoms with Gasteiger partial charge >= 0.3 is 0 Å². The second-order valence-corrected chi connectivity index (χ2v) is 3.47. The molecule has 1 aromatic carbocycles. The Morgan fingerprint density at radius 1 is 1.47 bits per heavy atom. The lowest BCUT2D eigenvalue weighted by Gasteiger charge is -2.01. The van der Waals surface area contributed by atoms with Crippen molar-refractivity contribution in [2.24, 2.45) is 0 Å². The molecule has 1 aromatic heterocycles. The smallest absolute Gasteiger partial charge is 0.264 e. The van der Waals surface area contributed by atoms with Crippen LogP contribution in [0.25, 0.3) is 11.5 Å². The maximum absolute atomic E-state index is 13.5. The Bertz CT molecular complexity index is 507. The molecule has 0 aliphatic carbocycles.